The zero-order chi connectivity index (χ0) is 18.0. The first-order valence-electron chi connectivity index (χ1n) is 8.85. The normalized spacial score (nSPS) is 14.3. The quantitative estimate of drug-likeness (QED) is 0.749. The van der Waals surface area contributed by atoms with Crippen molar-refractivity contribution in [3.05, 3.63) is 64.5 Å². The van der Waals surface area contributed by atoms with Crippen molar-refractivity contribution in [1.29, 1.82) is 0 Å². The highest BCUT2D eigenvalue weighted by atomic mass is 15.5. The second kappa shape index (κ2) is 7.30. The van der Waals surface area contributed by atoms with Gasteiger partial charge in [0, 0.05) is 25.5 Å². The van der Waals surface area contributed by atoms with Gasteiger partial charge >= 0.3 is 0 Å². The van der Waals surface area contributed by atoms with Crippen LogP contribution in [0.3, 0.4) is 0 Å². The van der Waals surface area contributed by atoms with E-state index < -0.39 is 0 Å². The number of allylic oxidation sites excluding steroid dienone is 1. The summed E-state index contributed by atoms with van der Waals surface area (Å²) in [5.41, 5.74) is 19.2. The molecule has 4 N–H and O–H groups in total. The van der Waals surface area contributed by atoms with Crippen LogP contribution in [0.1, 0.15) is 29.2 Å². The Labute approximate surface area is 150 Å². The highest BCUT2D eigenvalue weighted by Gasteiger charge is 2.17. The summed E-state index contributed by atoms with van der Waals surface area (Å²) in [6.07, 6.45) is 3.00. The number of hydrogen-bond acceptors (Lipinski definition) is 4. The molecule has 4 nitrogen and oxygen atoms in total. The van der Waals surface area contributed by atoms with Gasteiger partial charge < -0.3 is 11.1 Å². The summed E-state index contributed by atoms with van der Waals surface area (Å²) >= 11 is 0. The molecule has 1 heterocycles. The number of benzene rings is 2. The van der Waals surface area contributed by atoms with Crippen molar-refractivity contribution in [3.8, 4) is 11.1 Å². The van der Waals surface area contributed by atoms with Crippen LogP contribution < -0.4 is 21.5 Å². The van der Waals surface area contributed by atoms with Gasteiger partial charge in [-0.25, -0.2) is 5.43 Å². The van der Waals surface area contributed by atoms with E-state index in [1.807, 2.05) is 25.2 Å². The maximum atomic E-state index is 5.85. The lowest BCUT2D eigenvalue weighted by Gasteiger charge is -2.25. The predicted octanol–water partition coefficient (Wildman–Crippen LogP) is 3.38. The number of hydrogen-bond donors (Lipinski definition) is 3. The minimum atomic E-state index is 0.757. The molecule has 0 aromatic heterocycles. The number of hydrazine groups is 1. The molecule has 0 fully saturated rings. The summed E-state index contributed by atoms with van der Waals surface area (Å²) in [4.78, 5) is 0. The third kappa shape index (κ3) is 3.55. The van der Waals surface area contributed by atoms with Crippen molar-refractivity contribution in [3.63, 3.8) is 0 Å². The number of aryl methyl sites for hydroxylation is 1. The Bertz CT molecular complexity index is 804. The molecule has 4 heteroatoms. The van der Waals surface area contributed by atoms with Crippen LogP contribution in [-0.4, -0.2) is 13.6 Å². The number of fused-ring (bicyclic) bond motifs is 1. The molecule has 0 atom stereocenters. The summed E-state index contributed by atoms with van der Waals surface area (Å²) in [5.74, 6) is 0. The molecular weight excluding hydrogens is 308 g/mol. The second-order valence-electron chi connectivity index (χ2n) is 6.77. The van der Waals surface area contributed by atoms with E-state index in [9.17, 15) is 0 Å². The highest BCUT2D eigenvalue weighted by molar-refractivity contribution is 5.74. The van der Waals surface area contributed by atoms with Gasteiger partial charge in [-0.05, 0) is 79.3 Å². The number of nitrogens with two attached hydrogens (primary N) is 1. The van der Waals surface area contributed by atoms with E-state index in [2.05, 4.69) is 54.9 Å². The third-order valence-corrected chi connectivity index (χ3v) is 4.92. The Hall–Kier alpha value is -2.30. The first kappa shape index (κ1) is 17.5. The Balaban J connectivity index is 2.07. The summed E-state index contributed by atoms with van der Waals surface area (Å²) in [6.45, 7) is 8.41. The second-order valence-corrected chi connectivity index (χ2v) is 6.77. The molecule has 0 spiro atoms. The average Bonchev–Trinajstić information content (AvgIpc) is 2.62. The molecule has 0 amide bonds. The van der Waals surface area contributed by atoms with Crippen molar-refractivity contribution in [2.75, 3.05) is 18.6 Å². The van der Waals surface area contributed by atoms with Crippen molar-refractivity contribution in [2.24, 2.45) is 5.73 Å². The van der Waals surface area contributed by atoms with E-state index in [0.29, 0.717) is 0 Å². The van der Waals surface area contributed by atoms with Crippen molar-refractivity contribution in [1.82, 2.24) is 10.7 Å². The lowest BCUT2D eigenvalue weighted by Crippen LogP contribution is -2.30. The van der Waals surface area contributed by atoms with Crippen molar-refractivity contribution < 1.29 is 0 Å². The first-order chi connectivity index (χ1) is 12.0. The molecule has 0 saturated heterocycles. The van der Waals surface area contributed by atoms with Crippen LogP contribution in [0.4, 0.5) is 5.69 Å². The summed E-state index contributed by atoms with van der Waals surface area (Å²) in [5, 5.41) is 5.43. The molecule has 1 aliphatic heterocycles. The molecule has 0 bridgehead atoms. The van der Waals surface area contributed by atoms with Crippen LogP contribution in [0.15, 0.2) is 42.2 Å². The highest BCUT2D eigenvalue weighted by Crippen LogP contribution is 2.33. The predicted molar refractivity (Wildman–Crippen MR) is 106 cm³/mol. The Morgan fingerprint density at radius 2 is 2.04 bits per heavy atom. The lowest BCUT2D eigenvalue weighted by molar-refractivity contribution is 0.638. The minimum Gasteiger partial charge on any atom is -0.401 e. The largest absolute Gasteiger partial charge is 0.401 e. The molecule has 0 radical (unpaired) electrons. The van der Waals surface area contributed by atoms with Gasteiger partial charge in [0.25, 0.3) is 0 Å². The number of rotatable bonds is 4. The molecule has 25 heavy (non-hydrogen) atoms. The Morgan fingerprint density at radius 1 is 1.24 bits per heavy atom. The topological polar surface area (TPSA) is 53.3 Å². The van der Waals surface area contributed by atoms with Crippen molar-refractivity contribution in [2.45, 2.75) is 33.7 Å². The van der Waals surface area contributed by atoms with Gasteiger partial charge in [-0.15, -0.1) is 0 Å². The molecule has 2 aromatic carbocycles. The van der Waals surface area contributed by atoms with E-state index in [1.165, 1.54) is 33.4 Å². The van der Waals surface area contributed by atoms with E-state index in [0.717, 1.165) is 30.9 Å². The summed E-state index contributed by atoms with van der Waals surface area (Å²) in [6, 6.07) is 10.9. The average molecular weight is 336 g/mol. The molecule has 0 saturated carbocycles. The fourth-order valence-corrected chi connectivity index (χ4v) is 3.64. The molecule has 2 aromatic rings. The Morgan fingerprint density at radius 3 is 2.76 bits per heavy atom. The van der Waals surface area contributed by atoms with E-state index in [4.69, 9.17) is 5.73 Å². The monoisotopic (exact) mass is 336 g/mol. The minimum absolute atomic E-state index is 0.757. The zero-order valence-corrected chi connectivity index (χ0v) is 15.6. The Kier molecular flexibility index (Phi) is 5.11. The van der Waals surface area contributed by atoms with E-state index in [1.54, 1.807) is 0 Å². The SMILES string of the molecule is CNN(/C=C(/C)N)c1cccc(-c2cc(C)c3c(c2C)CCNC3)c1. The smallest absolute Gasteiger partial charge is 0.0577 e. The van der Waals surface area contributed by atoms with Crippen LogP contribution in [0.2, 0.25) is 0 Å². The fourth-order valence-electron chi connectivity index (χ4n) is 3.64. The lowest BCUT2D eigenvalue weighted by atomic mass is 9.86. The van der Waals surface area contributed by atoms with Gasteiger partial charge in [0.05, 0.1) is 5.69 Å². The van der Waals surface area contributed by atoms with Gasteiger partial charge in [-0.1, -0.05) is 18.2 Å². The standard InChI is InChI=1S/C21H28N4/c1-14-10-20(16(3)19-8-9-24-12-21(14)19)17-6-5-7-18(11-17)25(23-4)13-15(2)22/h5-7,10-11,13,23-24H,8-9,12,22H2,1-4H3/b15-13-. The third-order valence-electron chi connectivity index (χ3n) is 4.92. The van der Waals surface area contributed by atoms with E-state index >= 15 is 0 Å². The van der Waals surface area contributed by atoms with Crippen LogP contribution in [-0.2, 0) is 13.0 Å². The molecule has 132 valence electrons. The molecule has 1 aliphatic rings. The first-order valence-corrected chi connectivity index (χ1v) is 8.85. The van der Waals surface area contributed by atoms with Crippen LogP contribution in [0, 0.1) is 13.8 Å². The van der Waals surface area contributed by atoms with E-state index in [-0.39, 0.29) is 0 Å². The summed E-state index contributed by atoms with van der Waals surface area (Å²) in [7, 11) is 1.90. The number of nitrogens with one attached hydrogen (secondary N) is 2. The van der Waals surface area contributed by atoms with Crippen LogP contribution in [0.25, 0.3) is 11.1 Å². The fraction of sp³-hybridized carbons (Fsp3) is 0.333. The molecule has 0 aliphatic carbocycles. The van der Waals surface area contributed by atoms with Crippen molar-refractivity contribution >= 4 is 5.69 Å². The molecular formula is C21H28N4. The number of anilines is 1. The number of nitrogens with zero attached hydrogens (tertiary/aromatic N) is 1. The molecule has 3 rings (SSSR count). The van der Waals surface area contributed by atoms with Crippen LogP contribution >= 0.6 is 0 Å². The maximum absolute atomic E-state index is 5.85. The van der Waals surface area contributed by atoms with Gasteiger partial charge in [-0.3, -0.25) is 5.01 Å². The van der Waals surface area contributed by atoms with Gasteiger partial charge in [-0.2, -0.15) is 0 Å². The van der Waals surface area contributed by atoms with Gasteiger partial charge in [0.1, 0.15) is 0 Å². The van der Waals surface area contributed by atoms with Gasteiger partial charge in [0.2, 0.25) is 0 Å². The summed E-state index contributed by atoms with van der Waals surface area (Å²) < 4.78 is 0. The van der Waals surface area contributed by atoms with Gasteiger partial charge in [0.15, 0.2) is 0 Å². The maximum Gasteiger partial charge on any atom is 0.0577 e. The molecule has 0 unspecified atom stereocenters. The van der Waals surface area contributed by atoms with Crippen LogP contribution in [0.5, 0.6) is 0 Å². The zero-order valence-electron chi connectivity index (χ0n) is 15.6.